The van der Waals surface area contributed by atoms with Crippen LogP contribution in [-0.4, -0.2) is 71.3 Å². The summed E-state index contributed by atoms with van der Waals surface area (Å²) in [7, 11) is 1.66. The van der Waals surface area contributed by atoms with Gasteiger partial charge in [0.25, 0.3) is 5.91 Å². The molecule has 1 aromatic heterocycles. The van der Waals surface area contributed by atoms with Crippen LogP contribution in [0.3, 0.4) is 0 Å². The van der Waals surface area contributed by atoms with Gasteiger partial charge in [0.1, 0.15) is 0 Å². The maximum Gasteiger partial charge on any atom is 0.256 e. The van der Waals surface area contributed by atoms with Gasteiger partial charge in [0.05, 0.1) is 5.57 Å². The van der Waals surface area contributed by atoms with Crippen LogP contribution < -0.4 is 0 Å². The van der Waals surface area contributed by atoms with Gasteiger partial charge in [-0.2, -0.15) is 0 Å². The second-order valence-corrected chi connectivity index (χ2v) is 8.10. The van der Waals surface area contributed by atoms with Crippen molar-refractivity contribution in [1.82, 2.24) is 19.7 Å². The third-order valence-corrected chi connectivity index (χ3v) is 5.93. The Bertz CT molecular complexity index is 688. The first-order valence-electron chi connectivity index (χ1n) is 10.1. The maximum atomic E-state index is 13.2. The summed E-state index contributed by atoms with van der Waals surface area (Å²) in [6.07, 6.45) is 8.88. The average Bonchev–Trinajstić information content (AvgIpc) is 3.11. The Labute approximate surface area is 162 Å². The van der Waals surface area contributed by atoms with Crippen molar-refractivity contribution in [2.75, 3.05) is 33.2 Å². The monoisotopic (exact) mass is 372 g/mol. The zero-order chi connectivity index (χ0) is 19.4. The molecule has 1 atom stereocenters. The van der Waals surface area contributed by atoms with Crippen molar-refractivity contribution in [2.24, 2.45) is 5.92 Å². The zero-order valence-corrected chi connectivity index (χ0v) is 16.8. The number of piperidine rings is 2. The van der Waals surface area contributed by atoms with Gasteiger partial charge >= 0.3 is 0 Å². The van der Waals surface area contributed by atoms with Crippen LogP contribution in [0.2, 0.25) is 0 Å². The second-order valence-electron chi connectivity index (χ2n) is 8.10. The van der Waals surface area contributed by atoms with Crippen LogP contribution in [0.25, 0.3) is 5.57 Å². The summed E-state index contributed by atoms with van der Waals surface area (Å²) >= 11 is 0. The molecule has 2 aliphatic rings. The molecule has 0 bridgehead atoms. The van der Waals surface area contributed by atoms with Crippen LogP contribution in [-0.2, 0) is 9.59 Å². The fourth-order valence-electron chi connectivity index (χ4n) is 4.38. The second kappa shape index (κ2) is 8.74. The first-order valence-corrected chi connectivity index (χ1v) is 10.1. The Kier molecular flexibility index (Phi) is 6.37. The molecule has 0 aliphatic carbocycles. The normalized spacial score (nSPS) is 22.7. The lowest BCUT2D eigenvalue weighted by Crippen LogP contribution is -2.49. The molecule has 0 spiro atoms. The number of nitrogens with zero attached hydrogens (tertiary/aromatic N) is 3. The van der Waals surface area contributed by atoms with Crippen LogP contribution in [0.4, 0.5) is 0 Å². The van der Waals surface area contributed by atoms with E-state index in [4.69, 9.17) is 0 Å². The fraction of sp³-hybridized carbons (Fsp3) is 0.619. The predicted octanol–water partition coefficient (Wildman–Crippen LogP) is 2.48. The van der Waals surface area contributed by atoms with E-state index in [-0.39, 0.29) is 5.91 Å². The minimum atomic E-state index is 0.0110. The van der Waals surface area contributed by atoms with Gasteiger partial charge in [-0.1, -0.05) is 6.92 Å². The summed E-state index contributed by atoms with van der Waals surface area (Å²) in [6.45, 7) is 8.23. The number of nitrogens with one attached hydrogen (secondary N) is 1. The number of carbonyl (C=O) groups is 2. The molecule has 2 saturated heterocycles. The third-order valence-electron chi connectivity index (χ3n) is 5.93. The Morgan fingerprint density at radius 3 is 2.59 bits per heavy atom. The molecule has 6 heteroatoms. The highest BCUT2D eigenvalue weighted by Gasteiger charge is 2.30. The van der Waals surface area contributed by atoms with Crippen LogP contribution in [0.5, 0.6) is 0 Å². The SMILES string of the molecule is Cc1[nH]ccc1/C(=C\N(C)C=O)C(=O)N1CCC(N2CCCC(C)C2)CC1. The number of hydrogen-bond donors (Lipinski definition) is 1. The van der Waals surface area contributed by atoms with E-state index in [0.717, 1.165) is 49.5 Å². The number of H-pyrrole nitrogens is 1. The van der Waals surface area contributed by atoms with Crippen LogP contribution >= 0.6 is 0 Å². The maximum absolute atomic E-state index is 13.2. The van der Waals surface area contributed by atoms with E-state index in [1.165, 1.54) is 30.8 Å². The summed E-state index contributed by atoms with van der Waals surface area (Å²) in [4.78, 5) is 33.4. The minimum absolute atomic E-state index is 0.0110. The van der Waals surface area contributed by atoms with E-state index in [1.807, 2.05) is 24.1 Å². The molecular weight excluding hydrogens is 340 g/mol. The highest BCUT2D eigenvalue weighted by Crippen LogP contribution is 2.26. The molecule has 6 nitrogen and oxygen atoms in total. The average molecular weight is 373 g/mol. The Morgan fingerprint density at radius 1 is 1.26 bits per heavy atom. The lowest BCUT2D eigenvalue weighted by molar-refractivity contribution is -0.126. The minimum Gasteiger partial charge on any atom is -0.365 e. The molecule has 2 amide bonds. The van der Waals surface area contributed by atoms with Gasteiger partial charge in [-0.25, -0.2) is 0 Å². The topological polar surface area (TPSA) is 59.7 Å². The van der Waals surface area contributed by atoms with E-state index in [1.54, 1.807) is 13.2 Å². The summed E-state index contributed by atoms with van der Waals surface area (Å²) in [5.41, 5.74) is 2.38. The van der Waals surface area contributed by atoms with Crippen molar-refractivity contribution >= 4 is 17.9 Å². The zero-order valence-electron chi connectivity index (χ0n) is 16.8. The van der Waals surface area contributed by atoms with E-state index in [2.05, 4.69) is 16.8 Å². The number of aromatic nitrogens is 1. The number of aryl methyl sites for hydroxylation is 1. The first-order chi connectivity index (χ1) is 13.0. The van der Waals surface area contributed by atoms with Crippen LogP contribution in [0, 0.1) is 12.8 Å². The lowest BCUT2D eigenvalue weighted by Gasteiger charge is -2.42. The van der Waals surface area contributed by atoms with Gasteiger partial charge in [0.15, 0.2) is 0 Å². The van der Waals surface area contributed by atoms with Crippen molar-refractivity contribution < 1.29 is 9.59 Å². The van der Waals surface area contributed by atoms with Crippen molar-refractivity contribution in [2.45, 2.75) is 45.6 Å². The van der Waals surface area contributed by atoms with Crippen molar-refractivity contribution in [3.05, 3.63) is 29.7 Å². The lowest BCUT2D eigenvalue weighted by atomic mass is 9.94. The highest BCUT2D eigenvalue weighted by atomic mass is 16.2. The fourth-order valence-corrected chi connectivity index (χ4v) is 4.38. The summed E-state index contributed by atoms with van der Waals surface area (Å²) in [5.74, 6) is 0.792. The first kappa shape index (κ1) is 19.7. The van der Waals surface area contributed by atoms with E-state index in [9.17, 15) is 9.59 Å². The van der Waals surface area contributed by atoms with Crippen molar-refractivity contribution in [3.8, 4) is 0 Å². The molecule has 0 aromatic carbocycles. The van der Waals surface area contributed by atoms with E-state index in [0.29, 0.717) is 11.6 Å². The van der Waals surface area contributed by atoms with Gasteiger partial charge in [0, 0.05) is 56.4 Å². The molecule has 1 aromatic rings. The number of aromatic amines is 1. The molecule has 148 valence electrons. The van der Waals surface area contributed by atoms with E-state index < -0.39 is 0 Å². The van der Waals surface area contributed by atoms with Gasteiger partial charge in [-0.3, -0.25) is 14.5 Å². The molecule has 1 N–H and O–H groups in total. The molecular formula is C21H32N4O2. The highest BCUT2D eigenvalue weighted by molar-refractivity contribution is 6.19. The molecule has 0 radical (unpaired) electrons. The number of hydrogen-bond acceptors (Lipinski definition) is 3. The van der Waals surface area contributed by atoms with Gasteiger partial charge < -0.3 is 14.8 Å². The molecule has 2 aliphatic heterocycles. The van der Waals surface area contributed by atoms with Gasteiger partial charge in [-0.15, -0.1) is 0 Å². The Hall–Kier alpha value is -2.08. The smallest absolute Gasteiger partial charge is 0.256 e. The summed E-state index contributed by atoms with van der Waals surface area (Å²) < 4.78 is 0. The van der Waals surface area contributed by atoms with Crippen molar-refractivity contribution in [1.29, 1.82) is 0 Å². The summed E-state index contributed by atoms with van der Waals surface area (Å²) in [6, 6.07) is 2.50. The molecule has 1 unspecified atom stereocenters. The Balaban J connectivity index is 1.68. The number of likely N-dealkylation sites (tertiary alicyclic amines) is 2. The molecule has 3 heterocycles. The van der Waals surface area contributed by atoms with Crippen LogP contribution in [0.15, 0.2) is 18.5 Å². The number of carbonyl (C=O) groups excluding carboxylic acids is 2. The number of rotatable bonds is 5. The standard InChI is InChI=1S/C21H32N4O2/c1-16-5-4-10-25(13-16)18-7-11-24(12-8-18)21(27)20(14-23(3)15-26)19-6-9-22-17(19)2/h6,9,14-16,18,22H,4-5,7-8,10-13H2,1-3H3/b20-14+. The van der Waals surface area contributed by atoms with Gasteiger partial charge in [0.2, 0.25) is 6.41 Å². The Morgan fingerprint density at radius 2 is 2.00 bits per heavy atom. The molecule has 2 fully saturated rings. The van der Waals surface area contributed by atoms with Crippen LogP contribution in [0.1, 0.15) is 43.9 Å². The number of amides is 2. The molecule has 27 heavy (non-hydrogen) atoms. The third kappa shape index (κ3) is 4.61. The predicted molar refractivity (Wildman–Crippen MR) is 107 cm³/mol. The quantitative estimate of drug-likeness (QED) is 0.638. The van der Waals surface area contributed by atoms with Gasteiger partial charge in [-0.05, 0) is 51.1 Å². The molecule has 0 saturated carbocycles. The molecule has 3 rings (SSSR count). The van der Waals surface area contributed by atoms with Crippen molar-refractivity contribution in [3.63, 3.8) is 0 Å². The summed E-state index contributed by atoms with van der Waals surface area (Å²) in [5, 5.41) is 0. The van der Waals surface area contributed by atoms with E-state index >= 15 is 0 Å². The largest absolute Gasteiger partial charge is 0.365 e.